The first kappa shape index (κ1) is 31.3. The van der Waals surface area contributed by atoms with Crippen LogP contribution in [0, 0.1) is 17.5 Å². The maximum absolute atomic E-state index is 14.7. The molecule has 1 aromatic carbocycles. The molecular weight excluding hydrogens is 500 g/mol. The van der Waals surface area contributed by atoms with Crippen LogP contribution in [0.4, 0.5) is 13.2 Å². The molecule has 1 unspecified atom stereocenters. The number of benzene rings is 1. The first-order valence-corrected chi connectivity index (χ1v) is 10.6. The predicted molar refractivity (Wildman–Crippen MR) is 96.5 cm³/mol. The average molecular weight is 518 g/mol. The van der Waals surface area contributed by atoms with Gasteiger partial charge >= 0.3 is 59.1 Å². The van der Waals surface area contributed by atoms with Crippen LogP contribution in [0.15, 0.2) is 43.4 Å². The van der Waals surface area contributed by atoms with Crippen molar-refractivity contribution in [2.24, 2.45) is 0 Å². The first-order chi connectivity index (χ1) is 14.9. The van der Waals surface area contributed by atoms with Crippen molar-refractivity contribution in [1.82, 2.24) is 19.7 Å². The monoisotopic (exact) mass is 518 g/mol. The second kappa shape index (κ2) is 12.5. The molecule has 3 aromatic rings. The third-order valence-corrected chi connectivity index (χ3v) is 5.49. The van der Waals surface area contributed by atoms with Crippen LogP contribution >= 0.6 is 7.82 Å². The van der Waals surface area contributed by atoms with E-state index in [-0.39, 0.29) is 70.4 Å². The Hall–Kier alpha value is -0.700. The van der Waals surface area contributed by atoms with Crippen molar-refractivity contribution in [2.75, 3.05) is 0 Å². The van der Waals surface area contributed by atoms with Crippen molar-refractivity contribution >= 4 is 7.82 Å². The van der Waals surface area contributed by atoms with E-state index < -0.39 is 49.6 Å². The number of aromatic nitrogens is 5. The summed E-state index contributed by atoms with van der Waals surface area (Å²) in [7, 11) is -5.29. The Morgan fingerprint density at radius 3 is 2.50 bits per heavy atom. The SMILES string of the molecule is CC(OP(=O)([O-])[O-])[n+]1cnn(C[C@](O)(c2ccc(F)cc2F)[C@@H](C)c2ncncc2F)c1.[Na+].[Na+]. The van der Waals surface area contributed by atoms with Crippen LogP contribution in [-0.4, -0.2) is 24.9 Å². The molecule has 1 N–H and O–H groups in total. The zero-order valence-electron chi connectivity index (χ0n) is 18.8. The molecule has 2 aromatic heterocycles. The molecule has 0 saturated carbocycles. The molecule has 10 nitrogen and oxygen atoms in total. The van der Waals surface area contributed by atoms with Crippen molar-refractivity contribution in [3.63, 3.8) is 0 Å². The van der Waals surface area contributed by atoms with Crippen molar-refractivity contribution < 1.29 is 101 Å². The number of halogens is 3. The maximum Gasteiger partial charge on any atom is 1.00 e. The molecule has 0 aliphatic heterocycles. The second-order valence-electron chi connectivity index (χ2n) is 7.07. The Balaban J connectivity index is 0.00000289. The van der Waals surface area contributed by atoms with Gasteiger partial charge in [0.1, 0.15) is 30.1 Å². The molecule has 0 fully saturated rings. The van der Waals surface area contributed by atoms with E-state index in [9.17, 15) is 32.6 Å². The van der Waals surface area contributed by atoms with Gasteiger partial charge in [-0.25, -0.2) is 27.7 Å². The summed E-state index contributed by atoms with van der Waals surface area (Å²) in [6.45, 7) is 2.17. The molecule has 0 aliphatic rings. The molecule has 0 aliphatic carbocycles. The maximum atomic E-state index is 14.7. The first-order valence-electron chi connectivity index (χ1n) is 9.17. The van der Waals surface area contributed by atoms with Crippen molar-refractivity contribution in [2.45, 2.75) is 38.1 Å². The largest absolute Gasteiger partial charge is 1.00 e. The van der Waals surface area contributed by atoms with E-state index in [4.69, 9.17) is 0 Å². The van der Waals surface area contributed by atoms with E-state index in [0.29, 0.717) is 6.07 Å². The summed E-state index contributed by atoms with van der Waals surface area (Å²) >= 11 is 0. The molecular formula is C18H18F3N5Na2O5P+. The van der Waals surface area contributed by atoms with Gasteiger partial charge in [-0.05, 0) is 13.0 Å². The standard InChI is InChI=1S/C18H19F3N5O5P.2Na/c1-11(17-16(21)6-22-8-23-17)18(27,14-4-3-13(19)5-15(14)20)7-26-10-25(9-24-26)12(2)31-32(28,29)30;;/h3-6,8-12,27H,7H2,1-2H3,(H-,28,29,30);;/q;2*+1/p-1/t11-,12?,18+;;/m0../s1. The van der Waals surface area contributed by atoms with Gasteiger partial charge < -0.3 is 24.0 Å². The summed E-state index contributed by atoms with van der Waals surface area (Å²) in [6, 6.07) is 2.53. The van der Waals surface area contributed by atoms with Crippen LogP contribution in [0.25, 0.3) is 0 Å². The zero-order valence-corrected chi connectivity index (χ0v) is 23.7. The molecule has 3 atom stereocenters. The number of nitrogens with zero attached hydrogens (tertiary/aromatic N) is 5. The van der Waals surface area contributed by atoms with E-state index in [1.807, 2.05) is 0 Å². The quantitative estimate of drug-likeness (QED) is 0.177. The smallest absolute Gasteiger partial charge is 0.790 e. The average Bonchev–Trinajstić information content (AvgIpc) is 3.15. The van der Waals surface area contributed by atoms with E-state index >= 15 is 0 Å². The zero-order chi connectivity index (χ0) is 23.7. The Kier molecular flexibility index (Phi) is 11.5. The van der Waals surface area contributed by atoms with Gasteiger partial charge in [0.05, 0.1) is 19.7 Å². The molecule has 34 heavy (non-hydrogen) atoms. The Morgan fingerprint density at radius 2 is 1.91 bits per heavy atom. The van der Waals surface area contributed by atoms with Crippen molar-refractivity contribution in [1.29, 1.82) is 0 Å². The number of hydrogen-bond donors (Lipinski definition) is 1. The van der Waals surface area contributed by atoms with Gasteiger partial charge in [0.2, 0.25) is 6.33 Å². The molecule has 0 saturated heterocycles. The number of phosphoric ester groups is 1. The summed E-state index contributed by atoms with van der Waals surface area (Å²) in [5, 5.41) is 15.5. The fourth-order valence-corrected chi connectivity index (χ4v) is 3.74. The van der Waals surface area contributed by atoms with Crippen LogP contribution in [-0.2, 0) is 21.2 Å². The molecule has 172 valence electrons. The molecule has 0 spiro atoms. The molecule has 0 amide bonds. The third-order valence-electron chi connectivity index (χ3n) is 4.92. The summed E-state index contributed by atoms with van der Waals surface area (Å²) in [6.07, 6.45) is 2.98. The van der Waals surface area contributed by atoms with Gasteiger partial charge in [0.25, 0.3) is 6.33 Å². The fraction of sp³-hybridized carbons (Fsp3) is 0.333. The van der Waals surface area contributed by atoms with E-state index in [1.54, 1.807) is 0 Å². The minimum absolute atomic E-state index is 0. The molecule has 2 heterocycles. The fourth-order valence-electron chi connectivity index (χ4n) is 3.26. The number of hydrogen-bond acceptors (Lipinski definition) is 8. The molecule has 0 bridgehead atoms. The molecule has 3 rings (SSSR count). The minimum atomic E-state index is -5.29. The van der Waals surface area contributed by atoms with Crippen molar-refractivity contribution in [3.8, 4) is 0 Å². The van der Waals surface area contributed by atoms with Crippen LogP contribution in [0.2, 0.25) is 0 Å². The van der Waals surface area contributed by atoms with E-state index in [0.717, 1.165) is 40.2 Å². The van der Waals surface area contributed by atoms with E-state index in [2.05, 4.69) is 19.6 Å². The van der Waals surface area contributed by atoms with Crippen LogP contribution in [0.5, 0.6) is 0 Å². The van der Waals surface area contributed by atoms with Gasteiger partial charge in [0, 0.05) is 22.6 Å². The Bertz CT molecular complexity index is 1170. The second-order valence-corrected chi connectivity index (χ2v) is 8.17. The Morgan fingerprint density at radius 1 is 1.24 bits per heavy atom. The summed E-state index contributed by atoms with van der Waals surface area (Å²) in [5.41, 5.74) is -2.76. The molecule has 16 heteroatoms. The summed E-state index contributed by atoms with van der Waals surface area (Å²) < 4.78 is 59.8. The van der Waals surface area contributed by atoms with Crippen molar-refractivity contribution in [3.05, 3.63) is 72.1 Å². The van der Waals surface area contributed by atoms with E-state index in [1.165, 1.54) is 20.2 Å². The summed E-state index contributed by atoms with van der Waals surface area (Å²) in [4.78, 5) is 29.0. The minimum Gasteiger partial charge on any atom is -0.790 e. The summed E-state index contributed by atoms with van der Waals surface area (Å²) in [5.74, 6) is -3.97. The normalized spacial score (nSPS) is 14.9. The van der Waals surface area contributed by atoms with Gasteiger partial charge in [-0.15, -0.1) is 4.68 Å². The topological polar surface area (TPSA) is 140 Å². The number of phosphoric acid groups is 1. The van der Waals surface area contributed by atoms with Gasteiger partial charge in [-0.2, -0.15) is 0 Å². The number of aliphatic hydroxyl groups is 1. The van der Waals surface area contributed by atoms with Gasteiger partial charge in [-0.1, -0.05) is 13.0 Å². The molecule has 0 radical (unpaired) electrons. The Labute approximate surface area is 237 Å². The van der Waals surface area contributed by atoms with Crippen LogP contribution in [0.1, 0.15) is 37.3 Å². The van der Waals surface area contributed by atoms with Gasteiger partial charge in [-0.3, -0.25) is 0 Å². The third kappa shape index (κ3) is 7.40. The van der Waals surface area contributed by atoms with Crippen LogP contribution < -0.4 is 73.5 Å². The van der Waals surface area contributed by atoms with Crippen LogP contribution in [0.3, 0.4) is 0 Å². The predicted octanol–water partition coefficient (Wildman–Crippen LogP) is -5.56. The van der Waals surface area contributed by atoms with Gasteiger partial charge in [0.15, 0.2) is 12.0 Å². The number of rotatable bonds is 8.